The van der Waals surface area contributed by atoms with Gasteiger partial charge in [0.25, 0.3) is 0 Å². The standard InChI is InChI=1S/C12H16BrIO2/c1-2-15-7-8-16-12(9-14)10-3-5-11(13)6-4-10/h3-6,12H,2,7-9H2,1H3. The smallest absolute Gasteiger partial charge is 0.0915 e. The molecular weight excluding hydrogens is 383 g/mol. The third kappa shape index (κ3) is 5.12. The minimum absolute atomic E-state index is 0.161. The third-order valence-electron chi connectivity index (χ3n) is 2.13. The van der Waals surface area contributed by atoms with Crippen molar-refractivity contribution < 1.29 is 9.47 Å². The van der Waals surface area contributed by atoms with Gasteiger partial charge in [-0.3, -0.25) is 0 Å². The maximum absolute atomic E-state index is 5.77. The Kier molecular flexibility index (Phi) is 7.60. The quantitative estimate of drug-likeness (QED) is 0.393. The molecule has 1 atom stereocenters. The molecule has 0 aliphatic heterocycles. The second-order valence-electron chi connectivity index (χ2n) is 3.26. The van der Waals surface area contributed by atoms with E-state index in [4.69, 9.17) is 9.47 Å². The fraction of sp³-hybridized carbons (Fsp3) is 0.500. The number of benzene rings is 1. The summed E-state index contributed by atoms with van der Waals surface area (Å²) >= 11 is 5.77. The van der Waals surface area contributed by atoms with Crippen molar-refractivity contribution >= 4 is 38.5 Å². The molecule has 0 heterocycles. The molecule has 0 aromatic heterocycles. The average molecular weight is 399 g/mol. The Morgan fingerprint density at radius 3 is 2.50 bits per heavy atom. The number of alkyl halides is 1. The maximum Gasteiger partial charge on any atom is 0.0915 e. The van der Waals surface area contributed by atoms with Crippen LogP contribution in [0, 0.1) is 0 Å². The summed E-state index contributed by atoms with van der Waals surface area (Å²) in [5.74, 6) is 0. The lowest BCUT2D eigenvalue weighted by Gasteiger charge is -2.15. The molecule has 16 heavy (non-hydrogen) atoms. The van der Waals surface area contributed by atoms with Crippen LogP contribution in [0.2, 0.25) is 0 Å². The van der Waals surface area contributed by atoms with Gasteiger partial charge in [0.05, 0.1) is 19.3 Å². The lowest BCUT2D eigenvalue weighted by Crippen LogP contribution is -2.10. The van der Waals surface area contributed by atoms with E-state index < -0.39 is 0 Å². The number of hydrogen-bond donors (Lipinski definition) is 0. The number of hydrogen-bond acceptors (Lipinski definition) is 2. The van der Waals surface area contributed by atoms with Gasteiger partial charge in [-0.15, -0.1) is 0 Å². The molecule has 0 radical (unpaired) electrons. The van der Waals surface area contributed by atoms with Crippen LogP contribution in [0.4, 0.5) is 0 Å². The molecular formula is C12H16BrIO2. The SMILES string of the molecule is CCOCCOC(CI)c1ccc(Br)cc1. The van der Waals surface area contributed by atoms with Gasteiger partial charge in [-0.1, -0.05) is 50.7 Å². The van der Waals surface area contributed by atoms with Gasteiger partial charge >= 0.3 is 0 Å². The van der Waals surface area contributed by atoms with Crippen LogP contribution in [0.3, 0.4) is 0 Å². The predicted molar refractivity (Wildman–Crippen MR) is 78.2 cm³/mol. The summed E-state index contributed by atoms with van der Waals surface area (Å²) in [6.45, 7) is 4.05. The Morgan fingerprint density at radius 1 is 1.25 bits per heavy atom. The summed E-state index contributed by atoms with van der Waals surface area (Å²) < 4.78 is 13.1. The van der Waals surface area contributed by atoms with Gasteiger partial charge in [-0.25, -0.2) is 0 Å². The molecule has 0 amide bonds. The zero-order valence-electron chi connectivity index (χ0n) is 9.29. The first-order chi connectivity index (χ1) is 7.77. The fourth-order valence-electron chi connectivity index (χ4n) is 1.30. The first kappa shape index (κ1) is 14.4. The number of halogens is 2. The minimum atomic E-state index is 0.161. The first-order valence-electron chi connectivity index (χ1n) is 5.28. The van der Waals surface area contributed by atoms with Crippen LogP contribution in [-0.4, -0.2) is 24.2 Å². The van der Waals surface area contributed by atoms with Crippen molar-refractivity contribution in [3.8, 4) is 0 Å². The Bertz CT molecular complexity index is 290. The summed E-state index contributed by atoms with van der Waals surface area (Å²) in [6.07, 6.45) is 0.161. The summed E-state index contributed by atoms with van der Waals surface area (Å²) in [5, 5.41) is 0. The molecule has 1 rings (SSSR count). The van der Waals surface area contributed by atoms with E-state index in [-0.39, 0.29) is 6.10 Å². The van der Waals surface area contributed by atoms with Crippen LogP contribution in [0.25, 0.3) is 0 Å². The van der Waals surface area contributed by atoms with Gasteiger partial charge in [0, 0.05) is 15.5 Å². The molecule has 0 spiro atoms. The lowest BCUT2D eigenvalue weighted by atomic mass is 10.1. The van der Waals surface area contributed by atoms with Gasteiger partial charge in [-0.05, 0) is 24.6 Å². The second-order valence-corrected chi connectivity index (χ2v) is 5.06. The highest BCUT2D eigenvalue weighted by atomic mass is 127. The monoisotopic (exact) mass is 398 g/mol. The summed E-state index contributed by atoms with van der Waals surface area (Å²) in [5.41, 5.74) is 1.22. The minimum Gasteiger partial charge on any atom is -0.379 e. The van der Waals surface area contributed by atoms with Crippen molar-refractivity contribution in [2.45, 2.75) is 13.0 Å². The molecule has 0 bridgehead atoms. The largest absolute Gasteiger partial charge is 0.379 e. The molecule has 1 aromatic rings. The van der Waals surface area contributed by atoms with E-state index in [2.05, 4.69) is 50.7 Å². The first-order valence-corrected chi connectivity index (χ1v) is 7.60. The van der Waals surface area contributed by atoms with Gasteiger partial charge in [-0.2, -0.15) is 0 Å². The molecule has 0 aliphatic rings. The van der Waals surface area contributed by atoms with Crippen molar-refractivity contribution in [1.82, 2.24) is 0 Å². The molecule has 90 valence electrons. The fourth-order valence-corrected chi connectivity index (χ4v) is 2.33. The highest BCUT2D eigenvalue weighted by molar-refractivity contribution is 14.1. The topological polar surface area (TPSA) is 18.5 Å². The van der Waals surface area contributed by atoms with Crippen LogP contribution >= 0.6 is 38.5 Å². The van der Waals surface area contributed by atoms with Crippen LogP contribution in [0.5, 0.6) is 0 Å². The second kappa shape index (κ2) is 8.44. The average Bonchev–Trinajstić information content (AvgIpc) is 2.31. The van der Waals surface area contributed by atoms with E-state index in [1.807, 2.05) is 19.1 Å². The Labute approximate surface area is 119 Å². The summed E-state index contributed by atoms with van der Waals surface area (Å²) in [4.78, 5) is 0. The van der Waals surface area contributed by atoms with E-state index in [9.17, 15) is 0 Å². The van der Waals surface area contributed by atoms with Gasteiger partial charge < -0.3 is 9.47 Å². The zero-order valence-corrected chi connectivity index (χ0v) is 13.0. The number of rotatable bonds is 7. The van der Waals surface area contributed by atoms with E-state index in [1.54, 1.807) is 0 Å². The predicted octanol–water partition coefficient (Wildman–Crippen LogP) is 3.98. The van der Waals surface area contributed by atoms with Crippen LogP contribution in [-0.2, 0) is 9.47 Å². The van der Waals surface area contributed by atoms with E-state index in [1.165, 1.54) is 5.56 Å². The van der Waals surface area contributed by atoms with Gasteiger partial charge in [0.2, 0.25) is 0 Å². The molecule has 0 saturated heterocycles. The molecule has 1 aromatic carbocycles. The van der Waals surface area contributed by atoms with Crippen molar-refractivity contribution in [3.05, 3.63) is 34.3 Å². The molecule has 0 N–H and O–H groups in total. The molecule has 0 aliphatic carbocycles. The Balaban J connectivity index is 2.44. The highest BCUT2D eigenvalue weighted by Gasteiger charge is 2.09. The van der Waals surface area contributed by atoms with Crippen molar-refractivity contribution in [2.24, 2.45) is 0 Å². The lowest BCUT2D eigenvalue weighted by molar-refractivity contribution is 0.0178. The van der Waals surface area contributed by atoms with Crippen LogP contribution in [0.15, 0.2) is 28.7 Å². The number of ether oxygens (including phenoxy) is 2. The summed E-state index contributed by atoms with van der Waals surface area (Å²) in [7, 11) is 0. The van der Waals surface area contributed by atoms with E-state index in [0.717, 1.165) is 15.5 Å². The molecule has 4 heteroatoms. The summed E-state index contributed by atoms with van der Waals surface area (Å²) in [6, 6.07) is 8.27. The molecule has 1 unspecified atom stereocenters. The maximum atomic E-state index is 5.77. The van der Waals surface area contributed by atoms with Crippen molar-refractivity contribution in [3.63, 3.8) is 0 Å². The van der Waals surface area contributed by atoms with Crippen molar-refractivity contribution in [2.75, 3.05) is 24.2 Å². The Hall–Kier alpha value is 0.350. The van der Waals surface area contributed by atoms with E-state index >= 15 is 0 Å². The normalized spacial score (nSPS) is 12.7. The molecule has 0 saturated carbocycles. The highest BCUT2D eigenvalue weighted by Crippen LogP contribution is 2.21. The van der Waals surface area contributed by atoms with Gasteiger partial charge in [0.15, 0.2) is 0 Å². The zero-order chi connectivity index (χ0) is 11.8. The van der Waals surface area contributed by atoms with Crippen LogP contribution < -0.4 is 0 Å². The molecule has 2 nitrogen and oxygen atoms in total. The van der Waals surface area contributed by atoms with Gasteiger partial charge in [0.1, 0.15) is 0 Å². The van der Waals surface area contributed by atoms with Crippen LogP contribution in [0.1, 0.15) is 18.6 Å². The van der Waals surface area contributed by atoms with Crippen molar-refractivity contribution in [1.29, 1.82) is 0 Å². The van der Waals surface area contributed by atoms with E-state index in [0.29, 0.717) is 13.2 Å². The third-order valence-corrected chi connectivity index (χ3v) is 3.46. The Morgan fingerprint density at radius 2 is 1.94 bits per heavy atom. The molecule has 0 fully saturated rings.